The van der Waals surface area contributed by atoms with E-state index in [0.29, 0.717) is 16.1 Å². The van der Waals surface area contributed by atoms with Gasteiger partial charge in [-0.3, -0.25) is 10.1 Å². The van der Waals surface area contributed by atoms with Gasteiger partial charge in [0.2, 0.25) is 0 Å². The Morgan fingerprint density at radius 1 is 1.19 bits per heavy atom. The second-order valence-electron chi connectivity index (χ2n) is 3.93. The number of nitrogens with one attached hydrogen (secondary N) is 2. The highest BCUT2D eigenvalue weighted by Gasteiger charge is 2.15. The lowest BCUT2D eigenvalue weighted by atomic mass is 10.2. The first kappa shape index (κ1) is 15.1. The van der Waals surface area contributed by atoms with Crippen LogP contribution in [0.1, 0.15) is 20.7 Å². The Balaban J connectivity index is 2.01. The number of methoxy groups -OCH3 is 1. The zero-order valence-electron chi connectivity index (χ0n) is 11.1. The van der Waals surface area contributed by atoms with E-state index in [1.807, 2.05) is 6.07 Å². The monoisotopic (exact) mass is 320 g/mol. The number of esters is 1. The van der Waals surface area contributed by atoms with Crippen LogP contribution in [0.15, 0.2) is 41.8 Å². The molecule has 1 aromatic heterocycles. The van der Waals surface area contributed by atoms with E-state index >= 15 is 0 Å². The average molecular weight is 320 g/mol. The fourth-order valence-corrected chi connectivity index (χ4v) is 2.61. The lowest BCUT2D eigenvalue weighted by molar-refractivity contribution is 0.0602. The number of thiocarbonyl (C=S) groups is 1. The molecule has 5 nitrogen and oxygen atoms in total. The van der Waals surface area contributed by atoms with Gasteiger partial charge in [0.15, 0.2) is 5.11 Å². The van der Waals surface area contributed by atoms with E-state index in [1.54, 1.807) is 35.7 Å². The van der Waals surface area contributed by atoms with E-state index < -0.39 is 5.97 Å². The van der Waals surface area contributed by atoms with Gasteiger partial charge < -0.3 is 10.1 Å². The number of hydrogen-bond acceptors (Lipinski definition) is 5. The molecule has 2 rings (SSSR count). The van der Waals surface area contributed by atoms with Gasteiger partial charge in [-0.25, -0.2) is 4.79 Å². The SMILES string of the molecule is COC(=O)c1ccsc1NC(=S)NC(=O)c1ccccc1. The zero-order chi connectivity index (χ0) is 15.2. The standard InChI is InChI=1S/C14H12N2O3S2/c1-19-13(18)10-7-8-21-12(10)16-14(20)15-11(17)9-5-3-2-4-6-9/h2-8H,1H3,(H2,15,16,17,20). The predicted octanol–water partition coefficient (Wildman–Crippen LogP) is 2.66. The minimum atomic E-state index is -0.462. The van der Waals surface area contributed by atoms with Crippen molar-refractivity contribution >= 4 is 45.5 Å². The number of hydrogen-bond donors (Lipinski definition) is 2. The van der Waals surface area contributed by atoms with E-state index in [1.165, 1.54) is 18.4 Å². The van der Waals surface area contributed by atoms with Crippen LogP contribution in [0.3, 0.4) is 0 Å². The molecular weight excluding hydrogens is 308 g/mol. The van der Waals surface area contributed by atoms with Crippen molar-refractivity contribution in [2.45, 2.75) is 0 Å². The third kappa shape index (κ3) is 3.87. The molecule has 0 bridgehead atoms. The Hall–Kier alpha value is -2.25. The maximum atomic E-state index is 11.9. The Kier molecular flexibility index (Phi) is 5.02. The number of carbonyl (C=O) groups excluding carboxylic acids is 2. The van der Waals surface area contributed by atoms with E-state index in [0.717, 1.165) is 0 Å². The Morgan fingerprint density at radius 2 is 1.90 bits per heavy atom. The van der Waals surface area contributed by atoms with Crippen molar-refractivity contribution in [3.63, 3.8) is 0 Å². The summed E-state index contributed by atoms with van der Waals surface area (Å²) in [5.74, 6) is -0.778. The van der Waals surface area contributed by atoms with Crippen molar-refractivity contribution in [1.82, 2.24) is 5.32 Å². The summed E-state index contributed by atoms with van der Waals surface area (Å²) >= 11 is 6.37. The summed E-state index contributed by atoms with van der Waals surface area (Å²) < 4.78 is 4.66. The molecule has 1 heterocycles. The summed E-state index contributed by atoms with van der Waals surface area (Å²) in [7, 11) is 1.30. The molecule has 2 N–H and O–H groups in total. The molecule has 1 amide bonds. The van der Waals surface area contributed by atoms with Crippen molar-refractivity contribution in [2.24, 2.45) is 0 Å². The molecule has 0 atom stereocenters. The number of ether oxygens (including phenoxy) is 1. The highest BCUT2D eigenvalue weighted by Crippen LogP contribution is 2.23. The molecule has 0 radical (unpaired) electrons. The van der Waals surface area contributed by atoms with Crippen molar-refractivity contribution in [2.75, 3.05) is 12.4 Å². The minimum absolute atomic E-state index is 0.122. The van der Waals surface area contributed by atoms with Crippen LogP contribution in [0, 0.1) is 0 Å². The van der Waals surface area contributed by atoms with Gasteiger partial charge in [0.05, 0.1) is 12.7 Å². The fourth-order valence-electron chi connectivity index (χ4n) is 1.58. The van der Waals surface area contributed by atoms with Gasteiger partial charge in [0, 0.05) is 5.56 Å². The third-order valence-electron chi connectivity index (χ3n) is 2.56. The van der Waals surface area contributed by atoms with Gasteiger partial charge in [0.1, 0.15) is 5.00 Å². The molecule has 1 aromatic carbocycles. The molecule has 0 spiro atoms. The van der Waals surface area contributed by atoms with Gasteiger partial charge in [-0.2, -0.15) is 0 Å². The van der Waals surface area contributed by atoms with Crippen LogP contribution in [-0.4, -0.2) is 24.1 Å². The zero-order valence-corrected chi connectivity index (χ0v) is 12.7. The summed E-state index contributed by atoms with van der Waals surface area (Å²) in [5.41, 5.74) is 0.875. The summed E-state index contributed by atoms with van der Waals surface area (Å²) in [6.45, 7) is 0. The molecule has 0 saturated heterocycles. The summed E-state index contributed by atoms with van der Waals surface area (Å²) in [6, 6.07) is 10.3. The first-order chi connectivity index (χ1) is 10.1. The molecule has 7 heteroatoms. The molecule has 0 unspecified atom stereocenters. The second-order valence-corrected chi connectivity index (χ2v) is 5.25. The molecular formula is C14H12N2O3S2. The maximum absolute atomic E-state index is 11.9. The quantitative estimate of drug-likeness (QED) is 0.672. The topological polar surface area (TPSA) is 67.4 Å². The maximum Gasteiger partial charge on any atom is 0.340 e. The van der Waals surface area contributed by atoms with Gasteiger partial charge in [-0.1, -0.05) is 18.2 Å². The van der Waals surface area contributed by atoms with Crippen LogP contribution in [0.2, 0.25) is 0 Å². The van der Waals surface area contributed by atoms with Crippen LogP contribution in [0.25, 0.3) is 0 Å². The van der Waals surface area contributed by atoms with Crippen molar-refractivity contribution in [3.8, 4) is 0 Å². The number of thiophene rings is 1. The Morgan fingerprint density at radius 3 is 2.57 bits per heavy atom. The van der Waals surface area contributed by atoms with Crippen LogP contribution in [0.4, 0.5) is 5.00 Å². The van der Waals surface area contributed by atoms with Crippen molar-refractivity contribution in [1.29, 1.82) is 0 Å². The average Bonchev–Trinajstić information content (AvgIpc) is 2.95. The number of rotatable bonds is 3. The molecule has 0 aliphatic carbocycles. The number of anilines is 1. The first-order valence-corrected chi connectivity index (χ1v) is 7.24. The molecule has 0 aliphatic heterocycles. The lowest BCUT2D eigenvalue weighted by Gasteiger charge is -2.09. The highest BCUT2D eigenvalue weighted by molar-refractivity contribution is 7.80. The lowest BCUT2D eigenvalue weighted by Crippen LogP contribution is -2.34. The summed E-state index contributed by atoms with van der Waals surface area (Å²) in [5, 5.41) is 7.76. The van der Waals surface area contributed by atoms with Gasteiger partial charge >= 0.3 is 5.97 Å². The van der Waals surface area contributed by atoms with Gasteiger partial charge in [-0.05, 0) is 35.8 Å². The van der Waals surface area contributed by atoms with E-state index in [4.69, 9.17) is 12.2 Å². The van der Waals surface area contributed by atoms with Crippen LogP contribution in [-0.2, 0) is 4.74 Å². The largest absolute Gasteiger partial charge is 0.465 e. The van der Waals surface area contributed by atoms with Crippen LogP contribution in [0.5, 0.6) is 0 Å². The summed E-state index contributed by atoms with van der Waals surface area (Å²) in [4.78, 5) is 23.5. The Bertz CT molecular complexity index is 668. The predicted molar refractivity (Wildman–Crippen MR) is 85.8 cm³/mol. The van der Waals surface area contributed by atoms with Crippen molar-refractivity contribution in [3.05, 3.63) is 52.9 Å². The minimum Gasteiger partial charge on any atom is -0.465 e. The Labute approximate surface area is 130 Å². The van der Waals surface area contributed by atoms with Crippen molar-refractivity contribution < 1.29 is 14.3 Å². The van der Waals surface area contributed by atoms with Gasteiger partial charge in [-0.15, -0.1) is 11.3 Å². The normalized spacial score (nSPS) is 9.76. The van der Waals surface area contributed by atoms with E-state index in [-0.39, 0.29) is 11.0 Å². The number of amides is 1. The van der Waals surface area contributed by atoms with Crippen LogP contribution < -0.4 is 10.6 Å². The fraction of sp³-hybridized carbons (Fsp3) is 0.0714. The first-order valence-electron chi connectivity index (χ1n) is 5.95. The number of carbonyl (C=O) groups is 2. The number of benzene rings is 1. The molecule has 0 fully saturated rings. The molecule has 2 aromatic rings. The summed E-state index contributed by atoms with van der Waals surface area (Å²) in [6.07, 6.45) is 0. The smallest absolute Gasteiger partial charge is 0.340 e. The highest BCUT2D eigenvalue weighted by atomic mass is 32.1. The molecule has 0 aliphatic rings. The van der Waals surface area contributed by atoms with E-state index in [2.05, 4.69) is 15.4 Å². The third-order valence-corrected chi connectivity index (χ3v) is 3.59. The van der Waals surface area contributed by atoms with Crippen LogP contribution >= 0.6 is 23.6 Å². The van der Waals surface area contributed by atoms with Gasteiger partial charge in [0.25, 0.3) is 5.91 Å². The molecule has 0 saturated carbocycles. The second kappa shape index (κ2) is 6.96. The van der Waals surface area contributed by atoms with E-state index in [9.17, 15) is 9.59 Å². The molecule has 108 valence electrons. The molecule has 21 heavy (non-hydrogen) atoms.